The predicted molar refractivity (Wildman–Crippen MR) is 61.5 cm³/mol. The third-order valence-electron chi connectivity index (χ3n) is 2.50. The van der Waals surface area contributed by atoms with Gasteiger partial charge >= 0.3 is 6.18 Å². The number of carbonyl (C=O) groups is 1. The fourth-order valence-electron chi connectivity index (χ4n) is 1.49. The summed E-state index contributed by atoms with van der Waals surface area (Å²) in [5, 5.41) is 0. The van der Waals surface area contributed by atoms with Crippen molar-refractivity contribution in [3.8, 4) is 0 Å². The highest BCUT2D eigenvalue weighted by molar-refractivity contribution is 5.97. The highest BCUT2D eigenvalue weighted by Crippen LogP contribution is 2.26. The smallest absolute Gasteiger partial charge is 0.294 e. The summed E-state index contributed by atoms with van der Waals surface area (Å²) in [6, 6.07) is 4.86. The summed E-state index contributed by atoms with van der Waals surface area (Å²) in [7, 11) is 0. The van der Waals surface area contributed by atoms with Crippen LogP contribution in [0.25, 0.3) is 0 Å². The minimum absolute atomic E-state index is 0.118. The average molecular weight is 284 g/mol. The van der Waals surface area contributed by atoms with E-state index in [0.717, 1.165) is 18.3 Å². The van der Waals surface area contributed by atoms with Crippen molar-refractivity contribution < 1.29 is 22.4 Å². The molecule has 0 atom stereocenters. The minimum atomic E-state index is -4.56. The van der Waals surface area contributed by atoms with Crippen LogP contribution in [-0.2, 0) is 12.6 Å². The number of rotatable bonds is 3. The van der Waals surface area contributed by atoms with Gasteiger partial charge in [-0.3, -0.25) is 9.78 Å². The van der Waals surface area contributed by atoms with Crippen molar-refractivity contribution in [2.75, 3.05) is 0 Å². The molecule has 0 aliphatic rings. The molecule has 0 N–H and O–H groups in total. The predicted octanol–water partition coefficient (Wildman–Crippen LogP) is 3.06. The Labute approximate surface area is 111 Å². The normalized spacial score (nSPS) is 11.4. The Bertz CT molecular complexity index is 606. The number of halogens is 4. The van der Waals surface area contributed by atoms with Crippen molar-refractivity contribution in [1.82, 2.24) is 9.97 Å². The van der Waals surface area contributed by atoms with E-state index >= 15 is 0 Å². The fraction of sp³-hybridized carbons (Fsp3) is 0.154. The monoisotopic (exact) mass is 284 g/mol. The second-order valence-electron chi connectivity index (χ2n) is 4.00. The van der Waals surface area contributed by atoms with E-state index in [1.807, 2.05) is 0 Å². The lowest BCUT2D eigenvalue weighted by molar-refractivity contribution is -0.141. The summed E-state index contributed by atoms with van der Waals surface area (Å²) in [6.07, 6.45) is -3.28. The van der Waals surface area contributed by atoms with Crippen LogP contribution in [0.1, 0.15) is 21.7 Å². The number of hydrogen-bond acceptors (Lipinski definition) is 3. The molecule has 0 bridgehead atoms. The fourth-order valence-corrected chi connectivity index (χ4v) is 1.49. The molecule has 1 aromatic carbocycles. The molecule has 0 saturated heterocycles. The molecule has 1 heterocycles. The van der Waals surface area contributed by atoms with Crippen LogP contribution in [0.5, 0.6) is 0 Å². The third-order valence-corrected chi connectivity index (χ3v) is 2.50. The molecule has 0 unspecified atom stereocenters. The van der Waals surface area contributed by atoms with Crippen molar-refractivity contribution in [2.45, 2.75) is 12.6 Å². The van der Waals surface area contributed by atoms with Gasteiger partial charge in [-0.05, 0) is 24.3 Å². The van der Waals surface area contributed by atoms with Gasteiger partial charge in [0.15, 0.2) is 11.5 Å². The van der Waals surface area contributed by atoms with Crippen molar-refractivity contribution in [1.29, 1.82) is 0 Å². The first-order valence-electron chi connectivity index (χ1n) is 5.53. The Morgan fingerprint density at radius 2 is 1.70 bits per heavy atom. The molecule has 104 valence electrons. The number of Topliss-reactive ketones (excluding diaryl/α,β-unsaturated/α-hetero) is 1. The molecule has 0 radical (unpaired) electrons. The van der Waals surface area contributed by atoms with Crippen LogP contribution in [0.3, 0.4) is 0 Å². The van der Waals surface area contributed by atoms with Gasteiger partial charge in [-0.15, -0.1) is 0 Å². The highest BCUT2D eigenvalue weighted by atomic mass is 19.4. The standard InChI is InChI=1S/C13H8F4N2O/c14-9-3-1-8(2-4-9)11(20)5-10-6-19-12(7-18-10)13(15,16)17/h1-4,6-7H,5H2. The maximum absolute atomic E-state index is 12.7. The number of nitrogens with zero attached hydrogens (tertiary/aromatic N) is 2. The second kappa shape index (κ2) is 5.36. The minimum Gasteiger partial charge on any atom is -0.294 e. The van der Waals surface area contributed by atoms with E-state index in [2.05, 4.69) is 9.97 Å². The molecule has 0 spiro atoms. The Morgan fingerprint density at radius 1 is 1.05 bits per heavy atom. The number of hydrogen-bond donors (Lipinski definition) is 0. The molecular weight excluding hydrogens is 276 g/mol. The molecule has 1 aromatic heterocycles. The molecule has 0 aliphatic heterocycles. The van der Waals surface area contributed by atoms with Gasteiger partial charge in [-0.2, -0.15) is 13.2 Å². The Balaban J connectivity index is 2.10. The molecule has 0 amide bonds. The van der Waals surface area contributed by atoms with Crippen LogP contribution in [0, 0.1) is 5.82 Å². The van der Waals surface area contributed by atoms with Gasteiger partial charge in [-0.25, -0.2) is 9.37 Å². The van der Waals surface area contributed by atoms with E-state index in [4.69, 9.17) is 0 Å². The summed E-state index contributed by atoms with van der Waals surface area (Å²) in [5.41, 5.74) is -0.740. The summed E-state index contributed by atoms with van der Waals surface area (Å²) in [5.74, 6) is -0.852. The molecule has 7 heteroatoms. The van der Waals surface area contributed by atoms with Gasteiger partial charge in [0.2, 0.25) is 0 Å². The number of alkyl halides is 3. The number of carbonyl (C=O) groups excluding carboxylic acids is 1. The van der Waals surface area contributed by atoms with E-state index in [1.54, 1.807) is 0 Å². The number of ketones is 1. The maximum atomic E-state index is 12.7. The van der Waals surface area contributed by atoms with Gasteiger partial charge in [-0.1, -0.05) is 0 Å². The summed E-state index contributed by atoms with van der Waals surface area (Å²) < 4.78 is 49.5. The first kappa shape index (κ1) is 14.1. The molecule has 2 rings (SSSR count). The number of aromatic nitrogens is 2. The summed E-state index contributed by atoms with van der Waals surface area (Å²) in [4.78, 5) is 18.6. The van der Waals surface area contributed by atoms with Crippen LogP contribution in [0.15, 0.2) is 36.7 Å². The first-order valence-corrected chi connectivity index (χ1v) is 5.53. The van der Waals surface area contributed by atoms with Crippen LogP contribution >= 0.6 is 0 Å². The summed E-state index contributed by atoms with van der Waals surface area (Å²) >= 11 is 0. The first-order chi connectivity index (χ1) is 9.36. The van der Waals surface area contributed by atoms with Crippen LogP contribution < -0.4 is 0 Å². The molecule has 2 aromatic rings. The lowest BCUT2D eigenvalue weighted by Gasteiger charge is -2.05. The van der Waals surface area contributed by atoms with Crippen LogP contribution in [0.4, 0.5) is 17.6 Å². The number of benzene rings is 1. The topological polar surface area (TPSA) is 42.9 Å². The Hall–Kier alpha value is -2.31. The average Bonchev–Trinajstić information content (AvgIpc) is 2.39. The molecular formula is C13H8F4N2O. The maximum Gasteiger partial charge on any atom is 0.434 e. The van der Waals surface area contributed by atoms with Crippen LogP contribution in [0.2, 0.25) is 0 Å². The molecule has 0 aliphatic carbocycles. The van der Waals surface area contributed by atoms with E-state index in [-0.39, 0.29) is 23.5 Å². The Morgan fingerprint density at radius 3 is 2.20 bits per heavy atom. The van der Waals surface area contributed by atoms with Gasteiger partial charge < -0.3 is 0 Å². The van der Waals surface area contributed by atoms with E-state index in [9.17, 15) is 22.4 Å². The molecule has 3 nitrogen and oxygen atoms in total. The zero-order valence-corrected chi connectivity index (χ0v) is 9.99. The lowest BCUT2D eigenvalue weighted by atomic mass is 10.1. The van der Waals surface area contributed by atoms with E-state index in [0.29, 0.717) is 6.20 Å². The van der Waals surface area contributed by atoms with Gasteiger partial charge in [0.25, 0.3) is 0 Å². The zero-order chi connectivity index (χ0) is 14.8. The summed E-state index contributed by atoms with van der Waals surface area (Å²) in [6.45, 7) is 0. The quantitative estimate of drug-likeness (QED) is 0.642. The van der Waals surface area contributed by atoms with Crippen molar-refractivity contribution in [3.63, 3.8) is 0 Å². The van der Waals surface area contributed by atoms with Crippen molar-refractivity contribution in [2.24, 2.45) is 0 Å². The SMILES string of the molecule is O=C(Cc1cnc(C(F)(F)F)cn1)c1ccc(F)cc1. The third kappa shape index (κ3) is 3.37. The van der Waals surface area contributed by atoms with Gasteiger partial charge in [0.05, 0.1) is 18.3 Å². The molecule has 0 fully saturated rings. The zero-order valence-electron chi connectivity index (χ0n) is 9.99. The van der Waals surface area contributed by atoms with Crippen molar-refractivity contribution >= 4 is 5.78 Å². The van der Waals surface area contributed by atoms with Gasteiger partial charge in [0.1, 0.15) is 5.82 Å². The van der Waals surface area contributed by atoms with Crippen molar-refractivity contribution in [3.05, 3.63) is 59.4 Å². The Kier molecular flexibility index (Phi) is 3.78. The van der Waals surface area contributed by atoms with E-state index in [1.165, 1.54) is 12.1 Å². The van der Waals surface area contributed by atoms with Gasteiger partial charge in [0, 0.05) is 11.8 Å². The lowest BCUT2D eigenvalue weighted by Crippen LogP contribution is -2.11. The van der Waals surface area contributed by atoms with E-state index < -0.39 is 17.7 Å². The van der Waals surface area contributed by atoms with Crippen LogP contribution in [-0.4, -0.2) is 15.8 Å². The second-order valence-corrected chi connectivity index (χ2v) is 4.00. The molecule has 20 heavy (non-hydrogen) atoms. The molecule has 0 saturated carbocycles. The highest BCUT2D eigenvalue weighted by Gasteiger charge is 2.32. The largest absolute Gasteiger partial charge is 0.434 e.